The fourth-order valence-electron chi connectivity index (χ4n) is 1.82. The van der Waals surface area contributed by atoms with Crippen LogP contribution in [0.1, 0.15) is 23.7 Å². The normalized spacial score (nSPS) is 11.9. The summed E-state index contributed by atoms with van der Waals surface area (Å²) in [5, 5.41) is 4.72. The van der Waals surface area contributed by atoms with Crippen LogP contribution in [0.4, 0.5) is 13.2 Å². The summed E-state index contributed by atoms with van der Waals surface area (Å²) in [5.74, 6) is 0. The van der Waals surface area contributed by atoms with Crippen LogP contribution in [0, 0.1) is 6.92 Å². The van der Waals surface area contributed by atoms with Crippen molar-refractivity contribution in [3.8, 4) is 5.69 Å². The summed E-state index contributed by atoms with van der Waals surface area (Å²) < 4.78 is 38.9. The molecule has 19 heavy (non-hydrogen) atoms. The number of aryl methyl sites for hydroxylation is 1. The zero-order valence-electron chi connectivity index (χ0n) is 10.4. The fraction of sp³-hybridized carbons (Fsp3) is 0.308. The Morgan fingerprint density at radius 2 is 1.79 bits per heavy atom. The van der Waals surface area contributed by atoms with Gasteiger partial charge in [0.05, 0.1) is 16.9 Å². The van der Waals surface area contributed by atoms with E-state index in [4.69, 9.17) is 11.6 Å². The van der Waals surface area contributed by atoms with Gasteiger partial charge >= 0.3 is 6.18 Å². The van der Waals surface area contributed by atoms with E-state index >= 15 is 0 Å². The smallest absolute Gasteiger partial charge is 0.222 e. The minimum absolute atomic E-state index is 0.427. The second-order valence-electron chi connectivity index (χ2n) is 4.17. The van der Waals surface area contributed by atoms with Crippen LogP contribution in [0.2, 0.25) is 5.15 Å². The van der Waals surface area contributed by atoms with Crippen molar-refractivity contribution >= 4 is 11.6 Å². The molecule has 2 aromatic rings. The number of alkyl halides is 3. The average molecular weight is 289 g/mol. The summed E-state index contributed by atoms with van der Waals surface area (Å²) in [5.41, 5.74) is 1.52. The molecule has 2 nitrogen and oxygen atoms in total. The summed E-state index contributed by atoms with van der Waals surface area (Å²) in [6, 6.07) is 4.77. The third kappa shape index (κ3) is 2.61. The van der Waals surface area contributed by atoms with Crippen LogP contribution in [0.15, 0.2) is 24.3 Å². The van der Waals surface area contributed by atoms with Gasteiger partial charge in [-0.15, -0.1) is 0 Å². The van der Waals surface area contributed by atoms with E-state index in [0.717, 1.165) is 29.8 Å². The molecule has 0 aliphatic heterocycles. The van der Waals surface area contributed by atoms with Gasteiger partial charge in [0.1, 0.15) is 5.15 Å². The molecule has 1 heterocycles. The molecular weight excluding hydrogens is 277 g/mol. The Labute approximate surface area is 113 Å². The van der Waals surface area contributed by atoms with Gasteiger partial charge in [-0.1, -0.05) is 18.5 Å². The first-order valence-electron chi connectivity index (χ1n) is 5.76. The SMILES string of the molecule is CCc1nn(-c2ccc(C(F)(F)F)cc2)c(Cl)c1C. The van der Waals surface area contributed by atoms with Gasteiger partial charge < -0.3 is 0 Å². The van der Waals surface area contributed by atoms with Crippen molar-refractivity contribution in [1.29, 1.82) is 0 Å². The maximum Gasteiger partial charge on any atom is 0.416 e. The van der Waals surface area contributed by atoms with E-state index in [1.54, 1.807) is 0 Å². The molecule has 0 amide bonds. The molecule has 1 aromatic heterocycles. The molecule has 0 fully saturated rings. The molecule has 0 saturated heterocycles. The lowest BCUT2D eigenvalue weighted by Gasteiger charge is -2.08. The lowest BCUT2D eigenvalue weighted by Crippen LogP contribution is -2.05. The number of nitrogens with zero attached hydrogens (tertiary/aromatic N) is 2. The third-order valence-electron chi connectivity index (χ3n) is 2.92. The van der Waals surface area contributed by atoms with Gasteiger partial charge in [0, 0.05) is 5.56 Å². The van der Waals surface area contributed by atoms with Crippen LogP contribution in [-0.2, 0) is 12.6 Å². The molecule has 0 aliphatic carbocycles. The topological polar surface area (TPSA) is 17.8 Å². The van der Waals surface area contributed by atoms with Gasteiger partial charge in [0.15, 0.2) is 0 Å². The number of benzene rings is 1. The van der Waals surface area contributed by atoms with Gasteiger partial charge in [0.25, 0.3) is 0 Å². The molecule has 0 N–H and O–H groups in total. The number of rotatable bonds is 2. The average Bonchev–Trinajstić information content (AvgIpc) is 2.65. The van der Waals surface area contributed by atoms with E-state index in [9.17, 15) is 13.2 Å². The molecule has 0 spiro atoms. The molecule has 6 heteroatoms. The first kappa shape index (κ1) is 13.9. The van der Waals surface area contributed by atoms with Crippen molar-refractivity contribution in [2.24, 2.45) is 0 Å². The quantitative estimate of drug-likeness (QED) is 0.800. The van der Waals surface area contributed by atoms with E-state index in [0.29, 0.717) is 10.8 Å². The maximum absolute atomic E-state index is 12.5. The fourth-order valence-corrected chi connectivity index (χ4v) is 2.06. The summed E-state index contributed by atoms with van der Waals surface area (Å²) in [6.45, 7) is 3.79. The van der Waals surface area contributed by atoms with Crippen LogP contribution in [0.25, 0.3) is 5.69 Å². The lowest BCUT2D eigenvalue weighted by molar-refractivity contribution is -0.137. The highest BCUT2D eigenvalue weighted by Gasteiger charge is 2.30. The molecule has 2 rings (SSSR count). The van der Waals surface area contributed by atoms with Crippen molar-refractivity contribution in [2.45, 2.75) is 26.4 Å². The van der Waals surface area contributed by atoms with Crippen molar-refractivity contribution in [3.63, 3.8) is 0 Å². The lowest BCUT2D eigenvalue weighted by atomic mass is 10.2. The minimum atomic E-state index is -4.34. The maximum atomic E-state index is 12.5. The zero-order valence-corrected chi connectivity index (χ0v) is 11.2. The Bertz CT molecular complexity index is 585. The predicted octanol–water partition coefficient (Wildman–Crippen LogP) is 4.42. The first-order valence-corrected chi connectivity index (χ1v) is 6.14. The van der Waals surface area contributed by atoms with Gasteiger partial charge in [0.2, 0.25) is 0 Å². The molecule has 0 aliphatic rings. The number of aromatic nitrogens is 2. The van der Waals surface area contributed by atoms with E-state index in [-0.39, 0.29) is 0 Å². The highest BCUT2D eigenvalue weighted by molar-refractivity contribution is 6.30. The first-order chi connectivity index (χ1) is 8.84. The molecule has 102 valence electrons. The number of hydrogen-bond acceptors (Lipinski definition) is 1. The summed E-state index contributed by atoms with van der Waals surface area (Å²) in [6.07, 6.45) is -3.61. The number of hydrogen-bond donors (Lipinski definition) is 0. The molecule has 0 atom stereocenters. The van der Waals surface area contributed by atoms with Crippen molar-refractivity contribution in [2.75, 3.05) is 0 Å². The summed E-state index contributed by atoms with van der Waals surface area (Å²) in [4.78, 5) is 0. The van der Waals surface area contributed by atoms with E-state index in [1.807, 2.05) is 13.8 Å². The highest BCUT2D eigenvalue weighted by atomic mass is 35.5. The van der Waals surface area contributed by atoms with Crippen molar-refractivity contribution in [3.05, 3.63) is 46.2 Å². The standard InChI is InChI=1S/C13H12ClF3N2/c1-3-11-8(2)12(14)19(18-11)10-6-4-9(5-7-10)13(15,16)17/h4-7H,3H2,1-2H3. The van der Waals surface area contributed by atoms with Crippen molar-refractivity contribution in [1.82, 2.24) is 9.78 Å². The van der Waals surface area contributed by atoms with Gasteiger partial charge in [-0.05, 0) is 37.6 Å². The minimum Gasteiger partial charge on any atom is -0.222 e. The Morgan fingerprint density at radius 3 is 2.21 bits per heavy atom. The van der Waals surface area contributed by atoms with Crippen LogP contribution < -0.4 is 0 Å². The van der Waals surface area contributed by atoms with Crippen LogP contribution in [-0.4, -0.2) is 9.78 Å². The van der Waals surface area contributed by atoms with Crippen LogP contribution in [0.3, 0.4) is 0 Å². The second kappa shape index (κ2) is 4.89. The zero-order chi connectivity index (χ0) is 14.2. The Morgan fingerprint density at radius 1 is 1.21 bits per heavy atom. The predicted molar refractivity (Wildman–Crippen MR) is 67.7 cm³/mol. The molecular formula is C13H12ClF3N2. The van der Waals surface area contributed by atoms with Crippen LogP contribution in [0.5, 0.6) is 0 Å². The van der Waals surface area contributed by atoms with Gasteiger partial charge in [-0.25, -0.2) is 4.68 Å². The molecule has 0 unspecified atom stereocenters. The van der Waals surface area contributed by atoms with Gasteiger partial charge in [-0.2, -0.15) is 18.3 Å². The highest BCUT2D eigenvalue weighted by Crippen LogP contribution is 2.30. The summed E-state index contributed by atoms with van der Waals surface area (Å²) in [7, 11) is 0. The number of halogens is 4. The molecule has 0 saturated carbocycles. The monoisotopic (exact) mass is 288 g/mol. The molecule has 1 aromatic carbocycles. The van der Waals surface area contributed by atoms with E-state index in [1.165, 1.54) is 16.8 Å². The van der Waals surface area contributed by atoms with E-state index in [2.05, 4.69) is 5.10 Å². The van der Waals surface area contributed by atoms with Gasteiger partial charge in [-0.3, -0.25) is 0 Å². The Kier molecular flexibility index (Phi) is 3.58. The third-order valence-corrected chi connectivity index (χ3v) is 3.37. The Hall–Kier alpha value is -1.49. The van der Waals surface area contributed by atoms with E-state index < -0.39 is 11.7 Å². The molecule has 0 bridgehead atoms. The van der Waals surface area contributed by atoms with Crippen molar-refractivity contribution < 1.29 is 13.2 Å². The second-order valence-corrected chi connectivity index (χ2v) is 4.53. The Balaban J connectivity index is 2.43. The largest absolute Gasteiger partial charge is 0.416 e. The molecule has 0 radical (unpaired) electrons. The summed E-state index contributed by atoms with van der Waals surface area (Å²) >= 11 is 6.14. The van der Waals surface area contributed by atoms with Crippen LogP contribution >= 0.6 is 11.6 Å².